The average Bonchev–Trinajstić information content (AvgIpc) is 3.33. The summed E-state index contributed by atoms with van der Waals surface area (Å²) in [6.07, 6.45) is -2.19. The highest BCUT2D eigenvalue weighted by atomic mass is 32.1. The molecule has 0 aliphatic carbocycles. The lowest BCUT2D eigenvalue weighted by Crippen LogP contribution is -2.30. The SMILES string of the molecule is O=C(CCc1ccc(C(F)(F)F)cc1)N(Cc1ccsc1)Cc1ccco1. The van der Waals surface area contributed by atoms with Crippen LogP contribution >= 0.6 is 11.3 Å². The molecule has 1 aromatic carbocycles. The number of halogens is 3. The van der Waals surface area contributed by atoms with E-state index >= 15 is 0 Å². The Kier molecular flexibility index (Phi) is 6.01. The maximum Gasteiger partial charge on any atom is 0.416 e. The summed E-state index contributed by atoms with van der Waals surface area (Å²) in [5.74, 6) is 0.616. The highest BCUT2D eigenvalue weighted by molar-refractivity contribution is 7.07. The first-order chi connectivity index (χ1) is 12.9. The van der Waals surface area contributed by atoms with Crippen molar-refractivity contribution in [3.63, 3.8) is 0 Å². The van der Waals surface area contributed by atoms with Crippen LogP contribution < -0.4 is 0 Å². The van der Waals surface area contributed by atoms with Crippen LogP contribution in [-0.2, 0) is 30.5 Å². The predicted octanol–water partition coefficient (Wildman–Crippen LogP) is 5.52. The van der Waals surface area contributed by atoms with Crippen molar-refractivity contribution >= 4 is 17.2 Å². The molecule has 142 valence electrons. The molecular formula is C20H18F3NO2S. The number of carbonyl (C=O) groups excluding carboxylic acids is 1. The van der Waals surface area contributed by atoms with Crippen LogP contribution in [0.5, 0.6) is 0 Å². The monoisotopic (exact) mass is 393 g/mol. The van der Waals surface area contributed by atoms with Crippen LogP contribution in [0.1, 0.15) is 28.9 Å². The van der Waals surface area contributed by atoms with E-state index in [-0.39, 0.29) is 12.3 Å². The lowest BCUT2D eigenvalue weighted by molar-refractivity contribution is -0.137. The highest BCUT2D eigenvalue weighted by Gasteiger charge is 2.29. The molecule has 0 fully saturated rings. The molecule has 0 bridgehead atoms. The van der Waals surface area contributed by atoms with Crippen LogP contribution in [0, 0.1) is 0 Å². The van der Waals surface area contributed by atoms with E-state index < -0.39 is 11.7 Å². The van der Waals surface area contributed by atoms with Gasteiger partial charge in [0.05, 0.1) is 18.4 Å². The van der Waals surface area contributed by atoms with Crippen LogP contribution in [0.4, 0.5) is 13.2 Å². The number of hydrogen-bond acceptors (Lipinski definition) is 3. The fraction of sp³-hybridized carbons (Fsp3) is 0.250. The minimum absolute atomic E-state index is 0.0718. The van der Waals surface area contributed by atoms with Crippen LogP contribution in [0.15, 0.2) is 63.9 Å². The third-order valence-corrected chi connectivity index (χ3v) is 4.87. The molecule has 1 amide bonds. The molecule has 3 nitrogen and oxygen atoms in total. The van der Waals surface area contributed by atoms with Crippen molar-refractivity contribution in [1.29, 1.82) is 0 Å². The first-order valence-electron chi connectivity index (χ1n) is 8.39. The summed E-state index contributed by atoms with van der Waals surface area (Å²) in [5.41, 5.74) is 1.05. The second-order valence-electron chi connectivity index (χ2n) is 6.16. The van der Waals surface area contributed by atoms with Gasteiger partial charge in [0.2, 0.25) is 5.91 Å². The van der Waals surface area contributed by atoms with Gasteiger partial charge in [-0.3, -0.25) is 4.79 Å². The number of amides is 1. The number of rotatable bonds is 7. The molecular weight excluding hydrogens is 375 g/mol. The number of hydrogen-bond donors (Lipinski definition) is 0. The van der Waals surface area contributed by atoms with Gasteiger partial charge in [-0.15, -0.1) is 0 Å². The zero-order valence-electron chi connectivity index (χ0n) is 14.4. The number of benzene rings is 1. The number of carbonyl (C=O) groups is 1. The van der Waals surface area contributed by atoms with E-state index in [2.05, 4.69) is 0 Å². The molecule has 0 saturated carbocycles. The summed E-state index contributed by atoms with van der Waals surface area (Å²) >= 11 is 1.56. The Hall–Kier alpha value is -2.54. The molecule has 0 N–H and O–H groups in total. The van der Waals surface area contributed by atoms with Crippen LogP contribution in [0.3, 0.4) is 0 Å². The molecule has 0 aliphatic rings. The van der Waals surface area contributed by atoms with E-state index in [0.29, 0.717) is 30.8 Å². The second-order valence-corrected chi connectivity index (χ2v) is 6.94. The van der Waals surface area contributed by atoms with E-state index in [4.69, 9.17) is 4.42 Å². The third kappa shape index (κ3) is 5.47. The molecule has 2 aromatic heterocycles. The fourth-order valence-electron chi connectivity index (χ4n) is 2.70. The van der Waals surface area contributed by atoms with E-state index in [9.17, 15) is 18.0 Å². The van der Waals surface area contributed by atoms with Gasteiger partial charge in [0.15, 0.2) is 0 Å². The van der Waals surface area contributed by atoms with Crippen molar-refractivity contribution in [3.8, 4) is 0 Å². The van der Waals surface area contributed by atoms with Crippen LogP contribution in [0.25, 0.3) is 0 Å². The first-order valence-corrected chi connectivity index (χ1v) is 9.33. The molecule has 7 heteroatoms. The molecule has 0 atom stereocenters. The van der Waals surface area contributed by atoms with Gasteiger partial charge in [-0.1, -0.05) is 12.1 Å². The maximum atomic E-state index is 12.7. The Labute approximate surface area is 159 Å². The first kappa shape index (κ1) is 19.2. The molecule has 0 unspecified atom stereocenters. The Bertz CT molecular complexity index is 804. The van der Waals surface area contributed by atoms with Crippen molar-refractivity contribution in [2.24, 2.45) is 0 Å². The van der Waals surface area contributed by atoms with Gasteiger partial charge in [0.1, 0.15) is 5.76 Å². The quantitative estimate of drug-likeness (QED) is 0.529. The van der Waals surface area contributed by atoms with Gasteiger partial charge in [0.25, 0.3) is 0 Å². The van der Waals surface area contributed by atoms with Crippen molar-refractivity contribution in [3.05, 3.63) is 81.9 Å². The summed E-state index contributed by atoms with van der Waals surface area (Å²) in [6, 6.07) is 10.5. The Balaban J connectivity index is 1.63. The van der Waals surface area contributed by atoms with Gasteiger partial charge in [-0.05, 0) is 58.6 Å². The highest BCUT2D eigenvalue weighted by Crippen LogP contribution is 2.29. The fourth-order valence-corrected chi connectivity index (χ4v) is 3.36. The van der Waals surface area contributed by atoms with Gasteiger partial charge in [-0.2, -0.15) is 24.5 Å². The topological polar surface area (TPSA) is 33.5 Å². The average molecular weight is 393 g/mol. The molecule has 0 aliphatic heterocycles. The molecule has 3 rings (SSSR count). The molecule has 2 heterocycles. The summed E-state index contributed by atoms with van der Waals surface area (Å²) in [4.78, 5) is 14.4. The van der Waals surface area contributed by atoms with Crippen molar-refractivity contribution in [2.45, 2.75) is 32.1 Å². The number of nitrogens with zero attached hydrogens (tertiary/aromatic N) is 1. The summed E-state index contributed by atoms with van der Waals surface area (Å²) in [5, 5.41) is 3.94. The number of furan rings is 1. The van der Waals surface area contributed by atoms with Crippen LogP contribution in [0.2, 0.25) is 0 Å². The minimum atomic E-state index is -4.35. The van der Waals surface area contributed by atoms with Crippen molar-refractivity contribution < 1.29 is 22.4 Å². The zero-order chi connectivity index (χ0) is 19.3. The van der Waals surface area contributed by atoms with Gasteiger partial charge < -0.3 is 9.32 Å². The smallest absolute Gasteiger partial charge is 0.416 e. The minimum Gasteiger partial charge on any atom is -0.467 e. The Morgan fingerprint density at radius 3 is 2.41 bits per heavy atom. The number of alkyl halides is 3. The van der Waals surface area contributed by atoms with Gasteiger partial charge in [-0.25, -0.2) is 0 Å². The largest absolute Gasteiger partial charge is 0.467 e. The van der Waals surface area contributed by atoms with E-state index in [1.54, 1.807) is 28.6 Å². The van der Waals surface area contributed by atoms with Crippen LogP contribution in [-0.4, -0.2) is 10.8 Å². The Morgan fingerprint density at radius 2 is 1.81 bits per heavy atom. The molecule has 0 spiro atoms. The maximum absolute atomic E-state index is 12.7. The molecule has 3 aromatic rings. The number of aryl methyl sites for hydroxylation is 1. The molecule has 0 saturated heterocycles. The zero-order valence-corrected chi connectivity index (χ0v) is 15.2. The van der Waals surface area contributed by atoms with Gasteiger partial charge in [0, 0.05) is 13.0 Å². The van der Waals surface area contributed by atoms with Crippen molar-refractivity contribution in [2.75, 3.05) is 0 Å². The summed E-state index contributed by atoms with van der Waals surface area (Å²) < 4.78 is 43.2. The Morgan fingerprint density at radius 1 is 1.04 bits per heavy atom. The number of thiophene rings is 1. The normalized spacial score (nSPS) is 11.5. The molecule has 27 heavy (non-hydrogen) atoms. The summed E-state index contributed by atoms with van der Waals surface area (Å²) in [7, 11) is 0. The standard InChI is InChI=1S/C20H18F3NO2S/c21-20(22,23)17-6-3-15(4-7-17)5-8-19(25)24(12-16-9-11-27-14-16)13-18-2-1-10-26-18/h1-4,6-7,9-11,14H,5,8,12-13H2. The second kappa shape index (κ2) is 8.43. The summed E-state index contributed by atoms with van der Waals surface area (Å²) in [6.45, 7) is 0.824. The predicted molar refractivity (Wildman–Crippen MR) is 97.0 cm³/mol. The van der Waals surface area contributed by atoms with E-state index in [1.165, 1.54) is 12.1 Å². The molecule has 0 radical (unpaired) electrons. The third-order valence-electron chi connectivity index (χ3n) is 4.14. The van der Waals surface area contributed by atoms with Crippen molar-refractivity contribution in [1.82, 2.24) is 4.90 Å². The van der Waals surface area contributed by atoms with Gasteiger partial charge >= 0.3 is 6.18 Å². The lowest BCUT2D eigenvalue weighted by Gasteiger charge is -2.21. The lowest BCUT2D eigenvalue weighted by atomic mass is 10.1. The van der Waals surface area contributed by atoms with E-state index in [1.807, 2.05) is 22.9 Å². The van der Waals surface area contributed by atoms with E-state index in [0.717, 1.165) is 17.7 Å².